The van der Waals surface area contributed by atoms with Crippen molar-refractivity contribution in [1.82, 2.24) is 15.1 Å². The Kier molecular flexibility index (Phi) is 7.37. The van der Waals surface area contributed by atoms with Gasteiger partial charge in [-0.25, -0.2) is 4.39 Å². The van der Waals surface area contributed by atoms with Gasteiger partial charge in [-0.15, -0.1) is 0 Å². The van der Waals surface area contributed by atoms with Crippen LogP contribution in [0.3, 0.4) is 0 Å². The first-order chi connectivity index (χ1) is 12.0. The van der Waals surface area contributed by atoms with Crippen LogP contribution in [0.5, 0.6) is 0 Å². The minimum atomic E-state index is -0.257. The summed E-state index contributed by atoms with van der Waals surface area (Å²) in [4.78, 5) is 27.5. The fourth-order valence-corrected chi connectivity index (χ4v) is 3.16. The Hall–Kier alpha value is -1.95. The fourth-order valence-electron chi connectivity index (χ4n) is 3.16. The summed E-state index contributed by atoms with van der Waals surface area (Å²) in [5.74, 6) is -0.535. The summed E-state index contributed by atoms with van der Waals surface area (Å²) in [7, 11) is 3.33. The Balaban J connectivity index is 1.97. The first kappa shape index (κ1) is 19.4. The predicted molar refractivity (Wildman–Crippen MR) is 95.4 cm³/mol. The molecule has 1 aliphatic rings. The van der Waals surface area contributed by atoms with Crippen molar-refractivity contribution in [1.29, 1.82) is 0 Å². The molecule has 0 radical (unpaired) electrons. The molecule has 0 unspecified atom stereocenters. The van der Waals surface area contributed by atoms with E-state index in [-0.39, 0.29) is 30.7 Å². The van der Waals surface area contributed by atoms with Gasteiger partial charge in [-0.3, -0.25) is 14.5 Å². The highest BCUT2D eigenvalue weighted by Crippen LogP contribution is 2.24. The minimum absolute atomic E-state index is 0.0148. The van der Waals surface area contributed by atoms with E-state index >= 15 is 0 Å². The molecule has 0 aliphatic heterocycles. The maximum atomic E-state index is 13.1. The summed E-state index contributed by atoms with van der Waals surface area (Å²) in [5, 5.41) is 2.70. The molecule has 1 aliphatic carbocycles. The van der Waals surface area contributed by atoms with Gasteiger partial charge in [-0.2, -0.15) is 0 Å². The van der Waals surface area contributed by atoms with Gasteiger partial charge in [-0.1, -0.05) is 31.4 Å². The third kappa shape index (κ3) is 6.46. The SMILES string of the molecule is CN(C)C(=O)CNC(=O)CN(Cc1ccc(F)cc1)C1CCCCC1. The molecule has 25 heavy (non-hydrogen) atoms. The molecule has 0 aromatic heterocycles. The van der Waals surface area contributed by atoms with Gasteiger partial charge in [0.05, 0.1) is 13.1 Å². The van der Waals surface area contributed by atoms with Crippen LogP contribution in [0.1, 0.15) is 37.7 Å². The van der Waals surface area contributed by atoms with E-state index in [0.717, 1.165) is 18.4 Å². The number of carbonyl (C=O) groups excluding carboxylic acids is 2. The molecule has 1 fully saturated rings. The molecule has 1 N–H and O–H groups in total. The van der Waals surface area contributed by atoms with E-state index in [1.807, 2.05) is 0 Å². The van der Waals surface area contributed by atoms with Crippen LogP contribution in [-0.4, -0.2) is 54.8 Å². The number of likely N-dealkylation sites (N-methyl/N-ethyl adjacent to an activating group) is 1. The third-order valence-corrected chi connectivity index (χ3v) is 4.67. The Morgan fingerprint density at radius 3 is 2.36 bits per heavy atom. The van der Waals surface area contributed by atoms with Crippen molar-refractivity contribution in [3.8, 4) is 0 Å². The lowest BCUT2D eigenvalue weighted by Gasteiger charge is -2.34. The topological polar surface area (TPSA) is 52.7 Å². The second kappa shape index (κ2) is 9.51. The molecule has 0 bridgehead atoms. The molecule has 2 rings (SSSR count). The molecule has 1 aromatic carbocycles. The fraction of sp³-hybridized carbons (Fsp3) is 0.579. The van der Waals surface area contributed by atoms with Crippen LogP contribution in [-0.2, 0) is 16.1 Å². The van der Waals surface area contributed by atoms with Crippen LogP contribution < -0.4 is 5.32 Å². The average molecular weight is 349 g/mol. The number of nitrogens with zero attached hydrogens (tertiary/aromatic N) is 2. The Morgan fingerprint density at radius 1 is 1.12 bits per heavy atom. The second-order valence-electron chi connectivity index (χ2n) is 6.89. The molecule has 0 saturated heterocycles. The highest BCUT2D eigenvalue weighted by molar-refractivity contribution is 5.85. The number of carbonyl (C=O) groups is 2. The minimum Gasteiger partial charge on any atom is -0.347 e. The number of nitrogens with one attached hydrogen (secondary N) is 1. The van der Waals surface area contributed by atoms with Crippen LogP contribution in [0.2, 0.25) is 0 Å². The van der Waals surface area contributed by atoms with Crippen LogP contribution in [0.15, 0.2) is 24.3 Å². The second-order valence-corrected chi connectivity index (χ2v) is 6.89. The van der Waals surface area contributed by atoms with Crippen LogP contribution in [0.4, 0.5) is 4.39 Å². The van der Waals surface area contributed by atoms with E-state index in [0.29, 0.717) is 12.6 Å². The quantitative estimate of drug-likeness (QED) is 0.821. The van der Waals surface area contributed by atoms with Crippen LogP contribution >= 0.6 is 0 Å². The Bertz CT molecular complexity index is 569. The van der Waals surface area contributed by atoms with E-state index in [1.165, 1.54) is 36.3 Å². The van der Waals surface area contributed by atoms with Crippen molar-refractivity contribution in [3.05, 3.63) is 35.6 Å². The number of hydrogen-bond acceptors (Lipinski definition) is 3. The smallest absolute Gasteiger partial charge is 0.241 e. The largest absolute Gasteiger partial charge is 0.347 e. The zero-order valence-corrected chi connectivity index (χ0v) is 15.1. The van der Waals surface area contributed by atoms with E-state index in [4.69, 9.17) is 0 Å². The maximum absolute atomic E-state index is 13.1. The summed E-state index contributed by atoms with van der Waals surface area (Å²) >= 11 is 0. The summed E-state index contributed by atoms with van der Waals surface area (Å²) in [5.41, 5.74) is 0.990. The van der Waals surface area contributed by atoms with E-state index in [1.54, 1.807) is 26.2 Å². The van der Waals surface area contributed by atoms with E-state index in [2.05, 4.69) is 10.2 Å². The molecule has 138 valence electrons. The monoisotopic (exact) mass is 349 g/mol. The van der Waals surface area contributed by atoms with Gasteiger partial charge in [0.1, 0.15) is 5.82 Å². The van der Waals surface area contributed by atoms with Crippen molar-refractivity contribution < 1.29 is 14.0 Å². The lowest BCUT2D eigenvalue weighted by Crippen LogP contribution is -2.45. The zero-order valence-electron chi connectivity index (χ0n) is 15.1. The van der Waals surface area contributed by atoms with E-state index in [9.17, 15) is 14.0 Å². The van der Waals surface area contributed by atoms with Gasteiger partial charge in [-0.05, 0) is 30.5 Å². The summed E-state index contributed by atoms with van der Waals surface area (Å²) in [6, 6.07) is 6.78. The van der Waals surface area contributed by atoms with Gasteiger partial charge in [0, 0.05) is 26.7 Å². The molecule has 5 nitrogen and oxygen atoms in total. The summed E-state index contributed by atoms with van der Waals surface area (Å²) in [6.07, 6.45) is 5.73. The Labute approximate surface area is 149 Å². The molecule has 6 heteroatoms. The lowest BCUT2D eigenvalue weighted by molar-refractivity contribution is -0.131. The van der Waals surface area contributed by atoms with Gasteiger partial charge in [0.25, 0.3) is 0 Å². The van der Waals surface area contributed by atoms with Gasteiger partial charge in [0.15, 0.2) is 0 Å². The highest BCUT2D eigenvalue weighted by Gasteiger charge is 2.23. The molecule has 0 heterocycles. The van der Waals surface area contributed by atoms with Gasteiger partial charge >= 0.3 is 0 Å². The molecule has 0 atom stereocenters. The number of halogens is 1. The van der Waals surface area contributed by atoms with Crippen molar-refractivity contribution in [2.75, 3.05) is 27.2 Å². The zero-order chi connectivity index (χ0) is 18.2. The first-order valence-corrected chi connectivity index (χ1v) is 8.91. The molecule has 2 amide bonds. The summed E-state index contributed by atoms with van der Waals surface area (Å²) < 4.78 is 13.1. The lowest BCUT2D eigenvalue weighted by atomic mass is 9.93. The van der Waals surface area contributed by atoms with Crippen molar-refractivity contribution in [2.24, 2.45) is 0 Å². The maximum Gasteiger partial charge on any atom is 0.241 e. The molecular formula is C19H28FN3O2. The van der Waals surface area contributed by atoms with Crippen molar-refractivity contribution in [3.63, 3.8) is 0 Å². The van der Waals surface area contributed by atoms with Crippen LogP contribution in [0.25, 0.3) is 0 Å². The number of hydrogen-bond donors (Lipinski definition) is 1. The molecule has 0 spiro atoms. The van der Waals surface area contributed by atoms with Gasteiger partial charge < -0.3 is 10.2 Å². The normalized spacial score (nSPS) is 15.2. The average Bonchev–Trinajstić information content (AvgIpc) is 2.61. The highest BCUT2D eigenvalue weighted by atomic mass is 19.1. The van der Waals surface area contributed by atoms with Crippen molar-refractivity contribution in [2.45, 2.75) is 44.7 Å². The number of amides is 2. The first-order valence-electron chi connectivity index (χ1n) is 8.91. The predicted octanol–water partition coefficient (Wildman–Crippen LogP) is 2.16. The molecule has 1 aromatic rings. The van der Waals surface area contributed by atoms with E-state index < -0.39 is 0 Å². The summed E-state index contributed by atoms with van der Waals surface area (Å²) in [6.45, 7) is 0.879. The van der Waals surface area contributed by atoms with Gasteiger partial charge in [0.2, 0.25) is 11.8 Å². The number of rotatable bonds is 7. The standard InChI is InChI=1S/C19H28FN3O2/c1-22(2)19(25)12-21-18(24)14-23(17-6-4-3-5-7-17)13-15-8-10-16(20)11-9-15/h8-11,17H,3-7,12-14H2,1-2H3,(H,21,24). The molecule has 1 saturated carbocycles. The van der Waals surface area contributed by atoms with Crippen LogP contribution in [0, 0.1) is 5.82 Å². The molecular weight excluding hydrogens is 321 g/mol. The third-order valence-electron chi connectivity index (χ3n) is 4.67. The number of benzene rings is 1. The van der Waals surface area contributed by atoms with Crippen molar-refractivity contribution >= 4 is 11.8 Å². The Morgan fingerprint density at radius 2 is 1.76 bits per heavy atom.